The summed E-state index contributed by atoms with van der Waals surface area (Å²) in [5, 5.41) is 3.00. The highest BCUT2D eigenvalue weighted by atomic mass is 16.5. The maximum Gasteiger partial charge on any atom is 0.188 e. The molecule has 2 aromatic carbocycles. The Bertz CT molecular complexity index is 707. The minimum absolute atomic E-state index is 0.280. The lowest BCUT2D eigenvalue weighted by Crippen LogP contribution is -2.31. The van der Waals surface area contributed by atoms with Crippen molar-refractivity contribution in [3.8, 4) is 16.9 Å². The van der Waals surface area contributed by atoms with Crippen LogP contribution in [0.15, 0.2) is 47.5 Å². The molecule has 0 saturated heterocycles. The third-order valence-electron chi connectivity index (χ3n) is 3.97. The van der Waals surface area contributed by atoms with Crippen molar-refractivity contribution in [3.05, 3.63) is 53.6 Å². The Morgan fingerprint density at radius 3 is 2.70 bits per heavy atom. The monoisotopic (exact) mass is 309 g/mol. The van der Waals surface area contributed by atoms with Gasteiger partial charge in [0.1, 0.15) is 11.9 Å². The van der Waals surface area contributed by atoms with Crippen LogP contribution in [0.2, 0.25) is 0 Å². The number of nitrogens with two attached hydrogens (primary N) is 1. The summed E-state index contributed by atoms with van der Waals surface area (Å²) in [6, 6.07) is 14.9. The maximum absolute atomic E-state index is 5.76. The number of guanidine groups is 1. The Labute approximate surface area is 137 Å². The molecular formula is C19H23N3O. The number of hydrogen-bond donors (Lipinski definition) is 2. The van der Waals surface area contributed by atoms with E-state index in [0.29, 0.717) is 12.5 Å². The van der Waals surface area contributed by atoms with Crippen LogP contribution in [0.25, 0.3) is 11.1 Å². The molecule has 1 heterocycles. The van der Waals surface area contributed by atoms with Gasteiger partial charge in [0, 0.05) is 13.0 Å². The van der Waals surface area contributed by atoms with Crippen LogP contribution in [0.4, 0.5) is 0 Å². The molecule has 1 unspecified atom stereocenters. The molecule has 0 spiro atoms. The van der Waals surface area contributed by atoms with Crippen molar-refractivity contribution in [3.63, 3.8) is 0 Å². The fourth-order valence-electron chi connectivity index (χ4n) is 2.82. The van der Waals surface area contributed by atoms with Crippen LogP contribution >= 0.6 is 0 Å². The van der Waals surface area contributed by atoms with Crippen LogP contribution in [-0.2, 0) is 13.0 Å². The van der Waals surface area contributed by atoms with Gasteiger partial charge in [-0.1, -0.05) is 30.3 Å². The molecule has 0 bridgehead atoms. The number of ether oxygens (including phenoxy) is 1. The van der Waals surface area contributed by atoms with Crippen LogP contribution < -0.4 is 15.8 Å². The molecule has 0 amide bonds. The van der Waals surface area contributed by atoms with E-state index >= 15 is 0 Å². The average molecular weight is 309 g/mol. The quantitative estimate of drug-likeness (QED) is 0.674. The highest BCUT2D eigenvalue weighted by Gasteiger charge is 2.19. The molecule has 120 valence electrons. The van der Waals surface area contributed by atoms with Crippen molar-refractivity contribution in [2.75, 3.05) is 6.54 Å². The van der Waals surface area contributed by atoms with Crippen LogP contribution in [0.3, 0.4) is 0 Å². The third kappa shape index (κ3) is 3.65. The molecule has 0 aliphatic carbocycles. The number of nitrogens with one attached hydrogen (secondary N) is 1. The van der Waals surface area contributed by atoms with Crippen molar-refractivity contribution >= 4 is 5.96 Å². The average Bonchev–Trinajstić information content (AvgIpc) is 2.93. The fourth-order valence-corrected chi connectivity index (χ4v) is 2.82. The highest BCUT2D eigenvalue weighted by molar-refractivity contribution is 5.77. The van der Waals surface area contributed by atoms with Gasteiger partial charge < -0.3 is 15.8 Å². The molecule has 23 heavy (non-hydrogen) atoms. The van der Waals surface area contributed by atoms with Crippen molar-refractivity contribution in [2.24, 2.45) is 10.7 Å². The Morgan fingerprint density at radius 2 is 1.96 bits per heavy atom. The first-order valence-corrected chi connectivity index (χ1v) is 8.08. The SMILES string of the molecule is CCNC(N)=NCc1ccc(-c2ccc3c(c2)CC(C)O3)cc1. The molecule has 0 radical (unpaired) electrons. The third-order valence-corrected chi connectivity index (χ3v) is 3.97. The standard InChI is InChI=1S/C19H23N3O/c1-3-21-19(20)22-12-14-4-6-15(7-5-14)16-8-9-18-17(11-16)10-13(2)23-18/h4-9,11,13H,3,10,12H2,1-2H3,(H3,20,21,22). The Morgan fingerprint density at radius 1 is 1.22 bits per heavy atom. The predicted molar refractivity (Wildman–Crippen MR) is 94.7 cm³/mol. The van der Waals surface area contributed by atoms with E-state index in [2.05, 4.69) is 59.7 Å². The van der Waals surface area contributed by atoms with Gasteiger partial charge >= 0.3 is 0 Å². The molecule has 3 rings (SSSR count). The Kier molecular flexibility index (Phi) is 4.51. The summed E-state index contributed by atoms with van der Waals surface area (Å²) in [4.78, 5) is 4.31. The van der Waals surface area contributed by atoms with Gasteiger partial charge in [0.2, 0.25) is 0 Å². The van der Waals surface area contributed by atoms with Gasteiger partial charge in [-0.25, -0.2) is 4.99 Å². The van der Waals surface area contributed by atoms with Crippen molar-refractivity contribution < 1.29 is 4.74 Å². The lowest BCUT2D eigenvalue weighted by Gasteiger charge is -2.06. The minimum atomic E-state index is 0.280. The van der Waals surface area contributed by atoms with E-state index in [9.17, 15) is 0 Å². The second-order valence-corrected chi connectivity index (χ2v) is 5.88. The van der Waals surface area contributed by atoms with E-state index in [4.69, 9.17) is 10.5 Å². The zero-order valence-corrected chi connectivity index (χ0v) is 13.7. The van der Waals surface area contributed by atoms with E-state index in [1.54, 1.807) is 0 Å². The van der Waals surface area contributed by atoms with E-state index in [1.807, 2.05) is 6.92 Å². The van der Waals surface area contributed by atoms with Crippen molar-refractivity contribution in [1.82, 2.24) is 5.32 Å². The molecule has 1 aliphatic heterocycles. The summed E-state index contributed by atoms with van der Waals surface area (Å²) in [6.45, 7) is 5.48. The van der Waals surface area contributed by atoms with Crippen LogP contribution in [0.1, 0.15) is 25.0 Å². The van der Waals surface area contributed by atoms with Gasteiger partial charge in [0.25, 0.3) is 0 Å². The first kappa shape index (κ1) is 15.4. The summed E-state index contributed by atoms with van der Waals surface area (Å²) < 4.78 is 5.76. The highest BCUT2D eigenvalue weighted by Crippen LogP contribution is 2.32. The molecule has 4 heteroatoms. The second-order valence-electron chi connectivity index (χ2n) is 5.88. The lowest BCUT2D eigenvalue weighted by atomic mass is 10.00. The summed E-state index contributed by atoms with van der Waals surface area (Å²) >= 11 is 0. The van der Waals surface area contributed by atoms with Crippen LogP contribution in [-0.4, -0.2) is 18.6 Å². The van der Waals surface area contributed by atoms with Gasteiger partial charge in [-0.15, -0.1) is 0 Å². The molecule has 4 nitrogen and oxygen atoms in total. The molecule has 0 saturated carbocycles. The summed E-state index contributed by atoms with van der Waals surface area (Å²) in [5.74, 6) is 1.51. The fraction of sp³-hybridized carbons (Fsp3) is 0.316. The van der Waals surface area contributed by atoms with Gasteiger partial charge in [-0.2, -0.15) is 0 Å². The molecule has 1 atom stereocenters. The predicted octanol–water partition coefficient (Wildman–Crippen LogP) is 3.10. The number of nitrogens with zero attached hydrogens (tertiary/aromatic N) is 1. The van der Waals surface area contributed by atoms with E-state index in [0.717, 1.165) is 24.3 Å². The van der Waals surface area contributed by atoms with Gasteiger partial charge in [0.05, 0.1) is 6.54 Å². The number of rotatable bonds is 4. The molecule has 2 aromatic rings. The summed E-state index contributed by atoms with van der Waals surface area (Å²) in [5.41, 5.74) is 10.6. The summed E-state index contributed by atoms with van der Waals surface area (Å²) in [7, 11) is 0. The molecule has 0 fully saturated rings. The first-order valence-electron chi connectivity index (χ1n) is 8.08. The van der Waals surface area contributed by atoms with Gasteiger partial charge in [-0.05, 0) is 48.2 Å². The zero-order valence-electron chi connectivity index (χ0n) is 13.7. The summed E-state index contributed by atoms with van der Waals surface area (Å²) in [6.07, 6.45) is 1.27. The van der Waals surface area contributed by atoms with Gasteiger partial charge in [0.15, 0.2) is 5.96 Å². The normalized spacial score (nSPS) is 16.8. The zero-order chi connectivity index (χ0) is 16.2. The van der Waals surface area contributed by atoms with Crippen molar-refractivity contribution in [1.29, 1.82) is 0 Å². The van der Waals surface area contributed by atoms with Crippen molar-refractivity contribution in [2.45, 2.75) is 32.9 Å². The van der Waals surface area contributed by atoms with Crippen LogP contribution in [0, 0.1) is 0 Å². The molecule has 0 aromatic heterocycles. The van der Waals surface area contributed by atoms with E-state index in [1.165, 1.54) is 16.7 Å². The number of hydrogen-bond acceptors (Lipinski definition) is 2. The van der Waals surface area contributed by atoms with E-state index in [-0.39, 0.29) is 6.10 Å². The molecular weight excluding hydrogens is 286 g/mol. The van der Waals surface area contributed by atoms with E-state index < -0.39 is 0 Å². The van der Waals surface area contributed by atoms with Crippen LogP contribution in [0.5, 0.6) is 5.75 Å². The second kappa shape index (κ2) is 6.73. The smallest absolute Gasteiger partial charge is 0.188 e. The number of aliphatic imine (C=N–C) groups is 1. The lowest BCUT2D eigenvalue weighted by molar-refractivity contribution is 0.254. The Hall–Kier alpha value is -2.49. The number of fused-ring (bicyclic) bond motifs is 1. The topological polar surface area (TPSA) is 59.6 Å². The Balaban J connectivity index is 1.73. The van der Waals surface area contributed by atoms with Gasteiger partial charge in [-0.3, -0.25) is 0 Å². The first-order chi connectivity index (χ1) is 11.2. The largest absolute Gasteiger partial charge is 0.490 e. The molecule has 1 aliphatic rings. The molecule has 3 N–H and O–H groups in total. The minimum Gasteiger partial charge on any atom is -0.490 e. The maximum atomic E-state index is 5.76. The number of benzene rings is 2.